The summed E-state index contributed by atoms with van der Waals surface area (Å²) in [6, 6.07) is 8.79. The van der Waals surface area contributed by atoms with Crippen molar-refractivity contribution in [3.05, 3.63) is 56.5 Å². The first-order valence-corrected chi connectivity index (χ1v) is 7.64. The molecule has 3 rings (SSSR count). The maximum absolute atomic E-state index is 12.7. The van der Waals surface area contributed by atoms with E-state index in [0.29, 0.717) is 45.3 Å². The van der Waals surface area contributed by atoms with Crippen LogP contribution in [0.15, 0.2) is 34.8 Å². The van der Waals surface area contributed by atoms with Crippen LogP contribution in [-0.2, 0) is 0 Å². The van der Waals surface area contributed by atoms with Gasteiger partial charge in [0.05, 0.1) is 0 Å². The van der Waals surface area contributed by atoms with Crippen molar-refractivity contribution in [2.24, 2.45) is 0 Å². The average Bonchev–Trinajstić information content (AvgIpc) is 2.48. The van der Waals surface area contributed by atoms with Crippen LogP contribution < -0.4 is 9.47 Å². The molecule has 0 aromatic heterocycles. The van der Waals surface area contributed by atoms with Crippen LogP contribution in [0.5, 0.6) is 11.5 Å². The van der Waals surface area contributed by atoms with Gasteiger partial charge in [0.1, 0.15) is 13.2 Å². The molecule has 1 aliphatic heterocycles. The molecule has 5 heteroatoms. The molecule has 21 heavy (non-hydrogen) atoms. The van der Waals surface area contributed by atoms with Crippen molar-refractivity contribution >= 4 is 33.3 Å². The highest BCUT2D eigenvalue weighted by Gasteiger charge is 2.21. The predicted octanol–water partition coefficient (Wildman–Crippen LogP) is 4.41. The van der Waals surface area contributed by atoms with Crippen molar-refractivity contribution in [1.29, 1.82) is 0 Å². The first-order chi connectivity index (χ1) is 10.1. The van der Waals surface area contributed by atoms with Crippen LogP contribution in [0, 0.1) is 6.92 Å². The standard InChI is InChI=1S/C16H12BrClO3/c1-9-10(3-2-4-13(9)18)16(19)11-7-14-15(8-12(11)17)21-6-5-20-14/h2-4,7-8H,5-6H2,1H3. The van der Waals surface area contributed by atoms with Crippen LogP contribution >= 0.6 is 27.5 Å². The Balaban J connectivity index is 2.07. The molecule has 1 heterocycles. The van der Waals surface area contributed by atoms with E-state index in [1.165, 1.54) is 0 Å². The summed E-state index contributed by atoms with van der Waals surface area (Å²) in [4.78, 5) is 12.7. The number of hydrogen-bond acceptors (Lipinski definition) is 3. The molecule has 0 fully saturated rings. The van der Waals surface area contributed by atoms with Gasteiger partial charge in [0, 0.05) is 20.6 Å². The third-order valence-corrected chi connectivity index (χ3v) is 4.45. The van der Waals surface area contributed by atoms with Crippen LogP contribution in [-0.4, -0.2) is 19.0 Å². The minimum atomic E-state index is -0.0983. The van der Waals surface area contributed by atoms with E-state index in [-0.39, 0.29) is 5.78 Å². The number of benzene rings is 2. The molecule has 0 aliphatic carbocycles. The van der Waals surface area contributed by atoms with Crippen LogP contribution in [0.25, 0.3) is 0 Å². The summed E-state index contributed by atoms with van der Waals surface area (Å²) in [5, 5.41) is 0.578. The molecule has 0 atom stereocenters. The van der Waals surface area contributed by atoms with E-state index in [0.717, 1.165) is 5.56 Å². The van der Waals surface area contributed by atoms with Crippen molar-refractivity contribution in [1.82, 2.24) is 0 Å². The van der Waals surface area contributed by atoms with Gasteiger partial charge in [0.2, 0.25) is 0 Å². The quantitative estimate of drug-likeness (QED) is 0.737. The molecule has 0 radical (unpaired) electrons. The molecule has 0 amide bonds. The van der Waals surface area contributed by atoms with Gasteiger partial charge in [-0.2, -0.15) is 0 Å². The predicted molar refractivity (Wildman–Crippen MR) is 84.8 cm³/mol. The van der Waals surface area contributed by atoms with Gasteiger partial charge >= 0.3 is 0 Å². The number of fused-ring (bicyclic) bond motifs is 1. The second kappa shape index (κ2) is 5.70. The van der Waals surface area contributed by atoms with Crippen LogP contribution in [0.2, 0.25) is 5.02 Å². The first-order valence-electron chi connectivity index (χ1n) is 6.47. The molecule has 108 valence electrons. The van der Waals surface area contributed by atoms with E-state index < -0.39 is 0 Å². The third-order valence-electron chi connectivity index (χ3n) is 3.39. The fourth-order valence-electron chi connectivity index (χ4n) is 2.24. The van der Waals surface area contributed by atoms with Crippen LogP contribution in [0.3, 0.4) is 0 Å². The number of rotatable bonds is 2. The summed E-state index contributed by atoms with van der Waals surface area (Å²) in [7, 11) is 0. The van der Waals surface area contributed by atoms with Gasteiger partial charge in [-0.25, -0.2) is 0 Å². The molecular formula is C16H12BrClO3. The molecule has 0 unspecified atom stereocenters. The van der Waals surface area contributed by atoms with Crippen molar-refractivity contribution in [3.8, 4) is 11.5 Å². The normalized spacial score (nSPS) is 13.1. The van der Waals surface area contributed by atoms with Gasteiger partial charge in [0.15, 0.2) is 17.3 Å². The Labute approximate surface area is 136 Å². The first kappa shape index (κ1) is 14.4. The Morgan fingerprint density at radius 1 is 1.14 bits per heavy atom. The van der Waals surface area contributed by atoms with Crippen LogP contribution in [0.1, 0.15) is 21.5 Å². The molecule has 2 aromatic rings. The van der Waals surface area contributed by atoms with E-state index in [4.69, 9.17) is 21.1 Å². The van der Waals surface area contributed by atoms with Gasteiger partial charge in [-0.05, 0) is 46.6 Å². The van der Waals surface area contributed by atoms with Gasteiger partial charge in [-0.1, -0.05) is 23.7 Å². The topological polar surface area (TPSA) is 35.5 Å². The fraction of sp³-hybridized carbons (Fsp3) is 0.188. The highest BCUT2D eigenvalue weighted by atomic mass is 79.9. The van der Waals surface area contributed by atoms with Crippen LogP contribution in [0.4, 0.5) is 0 Å². The summed E-state index contributed by atoms with van der Waals surface area (Å²) >= 11 is 9.52. The largest absolute Gasteiger partial charge is 0.486 e. The Morgan fingerprint density at radius 2 is 1.81 bits per heavy atom. The monoisotopic (exact) mass is 366 g/mol. The summed E-state index contributed by atoms with van der Waals surface area (Å²) in [5.41, 5.74) is 1.88. The highest BCUT2D eigenvalue weighted by Crippen LogP contribution is 2.36. The molecule has 3 nitrogen and oxygen atoms in total. The molecule has 0 saturated carbocycles. The molecule has 0 bridgehead atoms. The number of halogens is 2. The van der Waals surface area contributed by atoms with Crippen molar-refractivity contribution < 1.29 is 14.3 Å². The van der Waals surface area contributed by atoms with Crippen molar-refractivity contribution in [3.63, 3.8) is 0 Å². The van der Waals surface area contributed by atoms with Gasteiger partial charge in [0.25, 0.3) is 0 Å². The second-order valence-corrected chi connectivity index (χ2v) is 5.98. The highest BCUT2D eigenvalue weighted by molar-refractivity contribution is 9.10. The Morgan fingerprint density at radius 3 is 2.52 bits per heavy atom. The van der Waals surface area contributed by atoms with Gasteiger partial charge in [-0.3, -0.25) is 4.79 Å². The zero-order chi connectivity index (χ0) is 15.0. The minimum Gasteiger partial charge on any atom is -0.486 e. The number of ketones is 1. The van der Waals surface area contributed by atoms with E-state index in [2.05, 4.69) is 15.9 Å². The Kier molecular flexibility index (Phi) is 3.91. The molecular weight excluding hydrogens is 356 g/mol. The zero-order valence-corrected chi connectivity index (χ0v) is 13.6. The van der Waals surface area contributed by atoms with E-state index >= 15 is 0 Å². The van der Waals surface area contributed by atoms with Crippen molar-refractivity contribution in [2.45, 2.75) is 6.92 Å². The number of carbonyl (C=O) groups excluding carboxylic acids is 1. The molecule has 0 N–H and O–H groups in total. The average molecular weight is 368 g/mol. The van der Waals surface area contributed by atoms with E-state index in [1.54, 1.807) is 30.3 Å². The Bertz CT molecular complexity index is 728. The zero-order valence-electron chi connectivity index (χ0n) is 11.3. The SMILES string of the molecule is Cc1c(Cl)cccc1C(=O)c1cc2c(cc1Br)OCCO2. The minimum absolute atomic E-state index is 0.0983. The summed E-state index contributed by atoms with van der Waals surface area (Å²) in [5.74, 6) is 1.14. The molecule has 2 aromatic carbocycles. The number of carbonyl (C=O) groups is 1. The number of hydrogen-bond donors (Lipinski definition) is 0. The third kappa shape index (κ3) is 2.65. The van der Waals surface area contributed by atoms with Gasteiger partial charge < -0.3 is 9.47 Å². The second-order valence-electron chi connectivity index (χ2n) is 4.72. The lowest BCUT2D eigenvalue weighted by molar-refractivity contribution is 0.103. The molecule has 1 aliphatic rings. The summed E-state index contributed by atoms with van der Waals surface area (Å²) in [6.45, 7) is 2.83. The smallest absolute Gasteiger partial charge is 0.194 e. The molecule has 0 saturated heterocycles. The fourth-order valence-corrected chi connectivity index (χ4v) is 2.91. The summed E-state index contributed by atoms with van der Waals surface area (Å²) < 4.78 is 11.7. The number of ether oxygens (including phenoxy) is 2. The molecule has 0 spiro atoms. The van der Waals surface area contributed by atoms with E-state index in [9.17, 15) is 4.79 Å². The maximum atomic E-state index is 12.7. The lowest BCUT2D eigenvalue weighted by Gasteiger charge is -2.19. The van der Waals surface area contributed by atoms with Gasteiger partial charge in [-0.15, -0.1) is 0 Å². The summed E-state index contributed by atoms with van der Waals surface area (Å²) in [6.07, 6.45) is 0. The Hall–Kier alpha value is -1.52. The lowest BCUT2D eigenvalue weighted by Crippen LogP contribution is -2.16. The maximum Gasteiger partial charge on any atom is 0.194 e. The van der Waals surface area contributed by atoms with E-state index in [1.807, 2.05) is 6.92 Å². The lowest BCUT2D eigenvalue weighted by atomic mass is 9.99. The van der Waals surface area contributed by atoms with Crippen molar-refractivity contribution in [2.75, 3.05) is 13.2 Å².